The molecule has 1 aromatic heterocycles. The lowest BCUT2D eigenvalue weighted by Crippen LogP contribution is -2.45. The molecule has 1 rings (SSSR count). The molecule has 4 nitrogen and oxygen atoms in total. The van der Waals surface area contributed by atoms with E-state index in [2.05, 4.69) is 5.32 Å². The molecular weight excluding hydrogens is 274 g/mol. The second-order valence-electron chi connectivity index (χ2n) is 4.15. The minimum atomic E-state index is -0.998. The van der Waals surface area contributed by atoms with E-state index in [-0.39, 0.29) is 18.2 Å². The summed E-state index contributed by atoms with van der Waals surface area (Å²) in [5.74, 6) is -1.39. The summed E-state index contributed by atoms with van der Waals surface area (Å²) in [5.41, 5.74) is 0. The van der Waals surface area contributed by atoms with E-state index >= 15 is 0 Å². The fourth-order valence-electron chi connectivity index (χ4n) is 1.51. The molecule has 6 heteroatoms. The lowest BCUT2D eigenvalue weighted by atomic mass is 9.99. The molecule has 0 aliphatic rings. The van der Waals surface area contributed by atoms with Crippen molar-refractivity contribution in [2.75, 3.05) is 0 Å². The molecule has 2 N–H and O–H groups in total. The minimum absolute atomic E-state index is 0.0987. The number of halogens is 1. The zero-order valence-corrected chi connectivity index (χ0v) is 11.8. The summed E-state index contributed by atoms with van der Waals surface area (Å²) in [6.45, 7) is 3.70. The maximum absolute atomic E-state index is 11.7. The summed E-state index contributed by atoms with van der Waals surface area (Å²) in [6.07, 6.45) is 0.861. The van der Waals surface area contributed by atoms with Crippen molar-refractivity contribution in [2.45, 2.75) is 32.7 Å². The van der Waals surface area contributed by atoms with Crippen LogP contribution in [0.3, 0.4) is 0 Å². The third-order valence-electron chi connectivity index (χ3n) is 2.76. The lowest BCUT2D eigenvalue weighted by molar-refractivity contribution is -0.143. The van der Waals surface area contributed by atoms with E-state index in [1.165, 1.54) is 11.3 Å². The maximum atomic E-state index is 11.7. The standard InChI is InChI=1S/C12H16ClNO3S/c1-3-7(2)11(12(16)17)14-10(15)6-8-4-5-9(13)18-8/h4-5,7,11H,3,6H2,1-2H3,(H,14,15)(H,16,17). The monoisotopic (exact) mass is 289 g/mol. The van der Waals surface area contributed by atoms with Crippen molar-refractivity contribution in [3.05, 3.63) is 21.3 Å². The van der Waals surface area contributed by atoms with Crippen molar-refractivity contribution in [2.24, 2.45) is 5.92 Å². The Bertz CT molecular complexity index is 433. The van der Waals surface area contributed by atoms with Gasteiger partial charge in [0.2, 0.25) is 5.91 Å². The third-order valence-corrected chi connectivity index (χ3v) is 3.99. The fraction of sp³-hybridized carbons (Fsp3) is 0.500. The van der Waals surface area contributed by atoms with Crippen LogP contribution < -0.4 is 5.32 Å². The number of carbonyl (C=O) groups is 2. The van der Waals surface area contributed by atoms with Crippen LogP contribution in [0.25, 0.3) is 0 Å². The average molecular weight is 290 g/mol. The molecule has 0 saturated heterocycles. The molecule has 2 unspecified atom stereocenters. The number of rotatable bonds is 6. The van der Waals surface area contributed by atoms with E-state index in [0.29, 0.717) is 10.8 Å². The van der Waals surface area contributed by atoms with Gasteiger partial charge in [0.25, 0.3) is 0 Å². The Balaban J connectivity index is 2.59. The van der Waals surface area contributed by atoms with Gasteiger partial charge in [-0.05, 0) is 18.1 Å². The van der Waals surface area contributed by atoms with Gasteiger partial charge in [-0.25, -0.2) is 4.79 Å². The molecule has 0 spiro atoms. The Morgan fingerprint density at radius 2 is 2.17 bits per heavy atom. The molecule has 0 aliphatic heterocycles. The van der Waals surface area contributed by atoms with Gasteiger partial charge in [-0.15, -0.1) is 11.3 Å². The zero-order chi connectivity index (χ0) is 13.7. The van der Waals surface area contributed by atoms with Crippen LogP contribution in [0.2, 0.25) is 4.34 Å². The summed E-state index contributed by atoms with van der Waals surface area (Å²) in [6, 6.07) is 2.65. The molecule has 0 bridgehead atoms. The average Bonchev–Trinajstić information content (AvgIpc) is 2.70. The number of nitrogens with one attached hydrogen (secondary N) is 1. The normalized spacial score (nSPS) is 13.9. The van der Waals surface area contributed by atoms with E-state index in [0.717, 1.165) is 4.88 Å². The van der Waals surface area contributed by atoms with Crippen molar-refractivity contribution in [3.8, 4) is 0 Å². The Hall–Kier alpha value is -1.07. The molecule has 1 amide bonds. The van der Waals surface area contributed by atoms with Crippen LogP contribution in [0.4, 0.5) is 0 Å². The van der Waals surface area contributed by atoms with Crippen molar-refractivity contribution < 1.29 is 14.7 Å². The Morgan fingerprint density at radius 1 is 1.50 bits per heavy atom. The first-order valence-electron chi connectivity index (χ1n) is 5.70. The van der Waals surface area contributed by atoms with E-state index < -0.39 is 12.0 Å². The quantitative estimate of drug-likeness (QED) is 0.846. The summed E-state index contributed by atoms with van der Waals surface area (Å²) in [4.78, 5) is 23.6. The molecule has 100 valence electrons. The molecule has 0 radical (unpaired) electrons. The summed E-state index contributed by atoms with van der Waals surface area (Å²) >= 11 is 7.09. The Kier molecular flexibility index (Phi) is 5.62. The number of hydrogen-bond donors (Lipinski definition) is 2. The predicted octanol–water partition coefficient (Wildman–Crippen LogP) is 2.56. The van der Waals surface area contributed by atoms with Crippen molar-refractivity contribution in [1.82, 2.24) is 5.32 Å². The van der Waals surface area contributed by atoms with E-state index in [9.17, 15) is 9.59 Å². The van der Waals surface area contributed by atoms with Gasteiger partial charge in [0.05, 0.1) is 10.8 Å². The number of carboxylic acids is 1. The van der Waals surface area contributed by atoms with Crippen molar-refractivity contribution in [1.29, 1.82) is 0 Å². The first kappa shape index (κ1) is 15.0. The van der Waals surface area contributed by atoms with Gasteiger partial charge in [0.1, 0.15) is 6.04 Å². The fourth-order valence-corrected chi connectivity index (χ4v) is 2.60. The second-order valence-corrected chi connectivity index (χ2v) is 5.95. The molecule has 2 atom stereocenters. The van der Waals surface area contributed by atoms with Gasteiger partial charge in [0.15, 0.2) is 0 Å². The highest BCUT2D eigenvalue weighted by Crippen LogP contribution is 2.21. The molecule has 0 saturated carbocycles. The van der Waals surface area contributed by atoms with Gasteiger partial charge < -0.3 is 10.4 Å². The van der Waals surface area contributed by atoms with E-state index in [1.807, 2.05) is 6.92 Å². The van der Waals surface area contributed by atoms with Gasteiger partial charge in [-0.1, -0.05) is 31.9 Å². The Labute approximate surface area is 115 Å². The van der Waals surface area contributed by atoms with Crippen LogP contribution in [-0.2, 0) is 16.0 Å². The van der Waals surface area contributed by atoms with Crippen molar-refractivity contribution >= 4 is 34.8 Å². The number of amides is 1. The first-order valence-corrected chi connectivity index (χ1v) is 6.89. The minimum Gasteiger partial charge on any atom is -0.480 e. The zero-order valence-electron chi connectivity index (χ0n) is 10.3. The van der Waals surface area contributed by atoms with Gasteiger partial charge >= 0.3 is 5.97 Å². The van der Waals surface area contributed by atoms with Crippen LogP contribution in [0.1, 0.15) is 25.1 Å². The largest absolute Gasteiger partial charge is 0.480 e. The Morgan fingerprint density at radius 3 is 2.61 bits per heavy atom. The topological polar surface area (TPSA) is 66.4 Å². The molecule has 0 aliphatic carbocycles. The summed E-state index contributed by atoms with van der Waals surface area (Å²) < 4.78 is 0.620. The highest BCUT2D eigenvalue weighted by molar-refractivity contribution is 7.16. The highest BCUT2D eigenvalue weighted by atomic mass is 35.5. The van der Waals surface area contributed by atoms with E-state index in [1.54, 1.807) is 19.1 Å². The number of carboxylic acid groups (broad SMARTS) is 1. The van der Waals surface area contributed by atoms with Crippen LogP contribution in [0.5, 0.6) is 0 Å². The number of aliphatic carboxylic acids is 1. The molecule has 1 aromatic rings. The number of hydrogen-bond acceptors (Lipinski definition) is 3. The van der Waals surface area contributed by atoms with Crippen LogP contribution in [0, 0.1) is 5.92 Å². The summed E-state index contributed by atoms with van der Waals surface area (Å²) in [7, 11) is 0. The number of carbonyl (C=O) groups excluding carboxylic acids is 1. The van der Waals surface area contributed by atoms with Crippen molar-refractivity contribution in [3.63, 3.8) is 0 Å². The van der Waals surface area contributed by atoms with Gasteiger partial charge in [0, 0.05) is 4.88 Å². The molecular formula is C12H16ClNO3S. The maximum Gasteiger partial charge on any atom is 0.326 e. The smallest absolute Gasteiger partial charge is 0.326 e. The van der Waals surface area contributed by atoms with E-state index in [4.69, 9.17) is 16.7 Å². The van der Waals surface area contributed by atoms with Crippen LogP contribution in [-0.4, -0.2) is 23.0 Å². The number of thiophene rings is 1. The SMILES string of the molecule is CCC(C)C(NC(=O)Cc1ccc(Cl)s1)C(=O)O. The van der Waals surface area contributed by atoms with Crippen LogP contribution in [0.15, 0.2) is 12.1 Å². The van der Waals surface area contributed by atoms with Gasteiger partial charge in [-0.2, -0.15) is 0 Å². The molecule has 18 heavy (non-hydrogen) atoms. The first-order chi connectivity index (χ1) is 8.43. The summed E-state index contributed by atoms with van der Waals surface area (Å²) in [5, 5.41) is 11.6. The van der Waals surface area contributed by atoms with Gasteiger partial charge in [-0.3, -0.25) is 4.79 Å². The van der Waals surface area contributed by atoms with Crippen LogP contribution >= 0.6 is 22.9 Å². The highest BCUT2D eigenvalue weighted by Gasteiger charge is 2.25. The molecule has 0 fully saturated rings. The molecule has 0 aromatic carbocycles. The lowest BCUT2D eigenvalue weighted by Gasteiger charge is -2.19. The molecule has 1 heterocycles. The predicted molar refractivity (Wildman–Crippen MR) is 72.1 cm³/mol. The second kappa shape index (κ2) is 6.75. The third kappa shape index (κ3) is 4.31.